The Hall–Kier alpha value is -1.32. The number of carbonyl (C=O) groups excluding carboxylic acids is 1. The molecule has 1 aromatic rings. The third-order valence-corrected chi connectivity index (χ3v) is 1.69. The largest absolute Gasteiger partial charge is 0.335 e. The Balaban J connectivity index is 2.28. The molecule has 1 aliphatic rings. The van der Waals surface area contributed by atoms with Crippen LogP contribution in [0.4, 0.5) is 0 Å². The molecule has 0 fully saturated rings. The van der Waals surface area contributed by atoms with Gasteiger partial charge in [0.25, 0.3) is 0 Å². The predicted molar refractivity (Wildman–Crippen MR) is 33.9 cm³/mol. The molecule has 0 aromatic carbocycles. The topological polar surface area (TPSA) is 49.0 Å². The summed E-state index contributed by atoms with van der Waals surface area (Å²) >= 11 is 0. The van der Waals surface area contributed by atoms with E-state index in [9.17, 15) is 4.79 Å². The summed E-state index contributed by atoms with van der Waals surface area (Å²) in [5.74, 6) is 0. The number of aromatic amines is 1. The fourth-order valence-corrected chi connectivity index (χ4v) is 1.16. The number of hydrogen-bond acceptors (Lipinski definition) is 2. The van der Waals surface area contributed by atoms with E-state index < -0.39 is 0 Å². The highest BCUT2D eigenvalue weighted by Crippen LogP contribution is 2.17. The fraction of sp³-hybridized carbons (Fsp3) is 0.333. The Kier molecular flexibility index (Phi) is 1.00. The first kappa shape index (κ1) is 5.46. The third kappa shape index (κ3) is 0.618. The second-order valence-electron chi connectivity index (χ2n) is 2.38. The molecule has 0 atom stereocenters. The zero-order valence-corrected chi connectivity index (χ0v) is 5.37. The molecule has 4 nitrogen and oxygen atoms in total. The summed E-state index contributed by atoms with van der Waals surface area (Å²) in [7, 11) is 0. The highest BCUT2D eigenvalue weighted by molar-refractivity contribution is 5.49. The van der Waals surface area contributed by atoms with Crippen LogP contribution in [0, 0.1) is 0 Å². The number of amides is 1. The van der Waals surface area contributed by atoms with Crippen LogP contribution in [0.1, 0.15) is 11.3 Å². The molecule has 1 aromatic heterocycles. The molecule has 0 saturated heterocycles. The number of hydrogen-bond donors (Lipinski definition) is 1. The van der Waals surface area contributed by atoms with Gasteiger partial charge in [0.2, 0.25) is 6.41 Å². The van der Waals surface area contributed by atoms with Gasteiger partial charge in [0.1, 0.15) is 0 Å². The van der Waals surface area contributed by atoms with Crippen molar-refractivity contribution in [2.75, 3.05) is 0 Å². The average Bonchev–Trinajstić information content (AvgIpc) is 2.42. The van der Waals surface area contributed by atoms with Gasteiger partial charge in [-0.3, -0.25) is 9.89 Å². The fourth-order valence-electron chi connectivity index (χ4n) is 1.16. The quantitative estimate of drug-likeness (QED) is 0.548. The third-order valence-electron chi connectivity index (χ3n) is 1.69. The van der Waals surface area contributed by atoms with E-state index in [1.807, 2.05) is 0 Å². The van der Waals surface area contributed by atoms with Crippen molar-refractivity contribution in [1.29, 1.82) is 0 Å². The minimum absolute atomic E-state index is 0.679. The van der Waals surface area contributed by atoms with E-state index in [1.165, 1.54) is 0 Å². The zero-order chi connectivity index (χ0) is 6.97. The standard InChI is InChI=1S/C6H7N3O/c10-4-9-2-5-1-7-8-6(5)3-9/h1,4H,2-3H2,(H,7,8). The van der Waals surface area contributed by atoms with Crippen molar-refractivity contribution in [3.8, 4) is 0 Å². The number of nitrogens with zero attached hydrogens (tertiary/aromatic N) is 2. The lowest BCUT2D eigenvalue weighted by Gasteiger charge is -2.04. The van der Waals surface area contributed by atoms with Crippen LogP contribution >= 0.6 is 0 Å². The van der Waals surface area contributed by atoms with E-state index in [0.29, 0.717) is 13.1 Å². The first-order valence-corrected chi connectivity index (χ1v) is 3.10. The Morgan fingerprint density at radius 1 is 1.70 bits per heavy atom. The Bertz CT molecular complexity index is 235. The molecule has 10 heavy (non-hydrogen) atoms. The lowest BCUT2D eigenvalue weighted by atomic mass is 10.3. The van der Waals surface area contributed by atoms with Crippen LogP contribution in [0.15, 0.2) is 6.20 Å². The summed E-state index contributed by atoms with van der Waals surface area (Å²) in [5.41, 5.74) is 2.19. The normalized spacial score (nSPS) is 15.4. The molecule has 1 N–H and O–H groups in total. The van der Waals surface area contributed by atoms with Gasteiger partial charge in [0.15, 0.2) is 0 Å². The van der Waals surface area contributed by atoms with Gasteiger partial charge in [0, 0.05) is 12.1 Å². The molecule has 1 aliphatic heterocycles. The minimum Gasteiger partial charge on any atom is -0.335 e. The molecule has 0 unspecified atom stereocenters. The summed E-state index contributed by atoms with van der Waals surface area (Å²) in [4.78, 5) is 12.0. The first-order chi connectivity index (χ1) is 4.90. The molecular formula is C6H7N3O. The molecule has 52 valence electrons. The molecule has 0 saturated carbocycles. The van der Waals surface area contributed by atoms with E-state index in [1.54, 1.807) is 11.1 Å². The van der Waals surface area contributed by atoms with Crippen molar-refractivity contribution < 1.29 is 4.79 Å². The predicted octanol–water partition coefficient (Wildman–Crippen LogP) is -0.118. The SMILES string of the molecule is O=CN1Cc2cn[nH]c2C1. The van der Waals surface area contributed by atoms with Crippen LogP contribution in [0.2, 0.25) is 0 Å². The van der Waals surface area contributed by atoms with E-state index in [0.717, 1.165) is 17.7 Å². The minimum atomic E-state index is 0.679. The van der Waals surface area contributed by atoms with Crippen LogP contribution in [-0.2, 0) is 17.9 Å². The Morgan fingerprint density at radius 3 is 3.30 bits per heavy atom. The number of nitrogens with one attached hydrogen (secondary N) is 1. The van der Waals surface area contributed by atoms with Crippen LogP contribution in [0.25, 0.3) is 0 Å². The molecule has 0 radical (unpaired) electrons. The van der Waals surface area contributed by atoms with Gasteiger partial charge in [0.05, 0.1) is 18.4 Å². The summed E-state index contributed by atoms with van der Waals surface area (Å²) in [5, 5.41) is 6.68. The van der Waals surface area contributed by atoms with Crippen LogP contribution in [-0.4, -0.2) is 21.5 Å². The number of rotatable bonds is 1. The number of aromatic nitrogens is 2. The van der Waals surface area contributed by atoms with Crippen molar-refractivity contribution in [2.45, 2.75) is 13.1 Å². The lowest BCUT2D eigenvalue weighted by Crippen LogP contribution is -2.13. The summed E-state index contributed by atoms with van der Waals surface area (Å²) in [6.07, 6.45) is 2.62. The van der Waals surface area contributed by atoms with Gasteiger partial charge in [-0.2, -0.15) is 5.10 Å². The number of fused-ring (bicyclic) bond motifs is 1. The van der Waals surface area contributed by atoms with Crippen LogP contribution < -0.4 is 0 Å². The second kappa shape index (κ2) is 1.83. The monoisotopic (exact) mass is 137 g/mol. The Morgan fingerprint density at radius 2 is 2.60 bits per heavy atom. The smallest absolute Gasteiger partial charge is 0.210 e. The second-order valence-corrected chi connectivity index (χ2v) is 2.38. The Labute approximate surface area is 57.8 Å². The van der Waals surface area contributed by atoms with Gasteiger partial charge in [-0.05, 0) is 0 Å². The molecule has 2 rings (SSSR count). The first-order valence-electron chi connectivity index (χ1n) is 3.10. The highest BCUT2D eigenvalue weighted by atomic mass is 16.1. The molecular weight excluding hydrogens is 130 g/mol. The molecule has 4 heteroatoms. The summed E-state index contributed by atoms with van der Waals surface area (Å²) in [6, 6.07) is 0. The van der Waals surface area contributed by atoms with Gasteiger partial charge in [-0.15, -0.1) is 0 Å². The zero-order valence-electron chi connectivity index (χ0n) is 5.37. The van der Waals surface area contributed by atoms with Crippen LogP contribution in [0.5, 0.6) is 0 Å². The maximum atomic E-state index is 10.3. The molecule has 1 amide bonds. The van der Waals surface area contributed by atoms with Gasteiger partial charge >= 0.3 is 0 Å². The van der Waals surface area contributed by atoms with Gasteiger partial charge in [-0.1, -0.05) is 0 Å². The van der Waals surface area contributed by atoms with Gasteiger partial charge < -0.3 is 4.90 Å². The molecule has 0 aliphatic carbocycles. The van der Waals surface area contributed by atoms with Crippen molar-refractivity contribution in [1.82, 2.24) is 15.1 Å². The van der Waals surface area contributed by atoms with E-state index in [2.05, 4.69) is 10.2 Å². The summed E-state index contributed by atoms with van der Waals surface area (Å²) < 4.78 is 0. The van der Waals surface area contributed by atoms with E-state index in [4.69, 9.17) is 0 Å². The molecule has 2 heterocycles. The van der Waals surface area contributed by atoms with Crippen LogP contribution in [0.3, 0.4) is 0 Å². The lowest BCUT2D eigenvalue weighted by molar-refractivity contribution is -0.118. The number of H-pyrrole nitrogens is 1. The van der Waals surface area contributed by atoms with Gasteiger partial charge in [-0.25, -0.2) is 0 Å². The molecule has 0 spiro atoms. The van der Waals surface area contributed by atoms with E-state index >= 15 is 0 Å². The van der Waals surface area contributed by atoms with Crippen molar-refractivity contribution >= 4 is 6.41 Å². The maximum absolute atomic E-state index is 10.3. The average molecular weight is 137 g/mol. The summed E-state index contributed by atoms with van der Waals surface area (Å²) in [6.45, 7) is 1.38. The maximum Gasteiger partial charge on any atom is 0.210 e. The molecule has 0 bridgehead atoms. The van der Waals surface area contributed by atoms with Crippen molar-refractivity contribution in [3.63, 3.8) is 0 Å². The number of carbonyl (C=O) groups is 1. The highest BCUT2D eigenvalue weighted by Gasteiger charge is 2.18. The van der Waals surface area contributed by atoms with Crippen molar-refractivity contribution in [2.24, 2.45) is 0 Å². The van der Waals surface area contributed by atoms with E-state index in [-0.39, 0.29) is 0 Å². The van der Waals surface area contributed by atoms with Crippen molar-refractivity contribution in [3.05, 3.63) is 17.5 Å².